The second-order valence-corrected chi connectivity index (χ2v) is 6.11. The molecule has 108 valence electrons. The van der Waals surface area contributed by atoms with Crippen LogP contribution in [0.4, 0.5) is 18.9 Å². The standard InChI is InChI=1S/C11H15F3N2O2S/c1-3-15-6-7(2)19(17,18)16-10-5-8(12)4-9(13)11(10)14/h4-5,7,15-16H,3,6H2,1-2H3. The van der Waals surface area contributed by atoms with E-state index in [0.29, 0.717) is 18.7 Å². The molecule has 0 aliphatic carbocycles. The first-order valence-corrected chi connectivity index (χ1v) is 7.19. The van der Waals surface area contributed by atoms with Crippen molar-refractivity contribution in [3.05, 3.63) is 29.6 Å². The Bertz CT molecular complexity index is 549. The van der Waals surface area contributed by atoms with E-state index in [2.05, 4.69) is 5.32 Å². The lowest BCUT2D eigenvalue weighted by Crippen LogP contribution is -2.35. The summed E-state index contributed by atoms with van der Waals surface area (Å²) in [7, 11) is -3.93. The zero-order valence-electron chi connectivity index (χ0n) is 10.5. The second kappa shape index (κ2) is 6.25. The monoisotopic (exact) mass is 296 g/mol. The van der Waals surface area contributed by atoms with Crippen molar-refractivity contribution in [1.29, 1.82) is 0 Å². The van der Waals surface area contributed by atoms with Crippen molar-refractivity contribution in [2.24, 2.45) is 0 Å². The van der Waals surface area contributed by atoms with Crippen molar-refractivity contribution < 1.29 is 21.6 Å². The molecule has 0 spiro atoms. The predicted octanol–water partition coefficient (Wildman–Crippen LogP) is 1.84. The van der Waals surface area contributed by atoms with Crippen LogP contribution in [0.15, 0.2) is 12.1 Å². The summed E-state index contributed by atoms with van der Waals surface area (Å²) in [6.07, 6.45) is 0. The molecule has 1 atom stereocenters. The van der Waals surface area contributed by atoms with Crippen LogP contribution in [0.5, 0.6) is 0 Å². The summed E-state index contributed by atoms with van der Waals surface area (Å²) in [6, 6.07) is 0.936. The molecule has 0 aromatic heterocycles. The molecule has 0 aliphatic rings. The average molecular weight is 296 g/mol. The lowest BCUT2D eigenvalue weighted by Gasteiger charge is -2.15. The Morgan fingerprint density at radius 2 is 1.89 bits per heavy atom. The molecule has 0 amide bonds. The summed E-state index contributed by atoms with van der Waals surface area (Å²) in [5, 5.41) is 1.94. The number of hydrogen-bond donors (Lipinski definition) is 2. The molecule has 0 saturated carbocycles. The van der Waals surface area contributed by atoms with E-state index in [1.807, 2.05) is 4.72 Å². The highest BCUT2D eigenvalue weighted by Gasteiger charge is 2.23. The van der Waals surface area contributed by atoms with Gasteiger partial charge in [0, 0.05) is 18.7 Å². The minimum Gasteiger partial charge on any atom is -0.316 e. The van der Waals surface area contributed by atoms with Crippen LogP contribution in [0.25, 0.3) is 0 Å². The van der Waals surface area contributed by atoms with Crippen LogP contribution in [0.2, 0.25) is 0 Å². The zero-order chi connectivity index (χ0) is 14.6. The molecule has 0 radical (unpaired) electrons. The number of sulfonamides is 1. The van der Waals surface area contributed by atoms with Crippen molar-refractivity contribution in [3.63, 3.8) is 0 Å². The van der Waals surface area contributed by atoms with E-state index in [9.17, 15) is 21.6 Å². The lowest BCUT2D eigenvalue weighted by molar-refractivity contribution is 0.498. The Hall–Kier alpha value is -1.28. The predicted molar refractivity (Wildman–Crippen MR) is 66.9 cm³/mol. The summed E-state index contributed by atoms with van der Waals surface area (Å²) in [5.41, 5.74) is -0.735. The molecule has 0 heterocycles. The fraction of sp³-hybridized carbons (Fsp3) is 0.455. The van der Waals surface area contributed by atoms with E-state index >= 15 is 0 Å². The zero-order valence-corrected chi connectivity index (χ0v) is 11.3. The molecule has 1 unspecified atom stereocenters. The first-order valence-electron chi connectivity index (χ1n) is 5.64. The third-order valence-corrected chi connectivity index (χ3v) is 4.19. The Labute approximate surface area is 110 Å². The molecule has 1 aromatic rings. The Balaban J connectivity index is 2.95. The molecule has 2 N–H and O–H groups in total. The van der Waals surface area contributed by atoms with Gasteiger partial charge in [-0.05, 0) is 13.5 Å². The molecule has 0 aliphatic heterocycles. The van der Waals surface area contributed by atoms with E-state index < -0.39 is 38.4 Å². The van der Waals surface area contributed by atoms with Crippen LogP contribution in [-0.2, 0) is 10.0 Å². The van der Waals surface area contributed by atoms with E-state index in [-0.39, 0.29) is 6.54 Å². The van der Waals surface area contributed by atoms with E-state index in [1.54, 1.807) is 6.92 Å². The van der Waals surface area contributed by atoms with Gasteiger partial charge in [0.2, 0.25) is 10.0 Å². The highest BCUT2D eigenvalue weighted by molar-refractivity contribution is 7.93. The van der Waals surface area contributed by atoms with Gasteiger partial charge in [0.15, 0.2) is 11.6 Å². The number of anilines is 1. The van der Waals surface area contributed by atoms with Crippen molar-refractivity contribution in [3.8, 4) is 0 Å². The largest absolute Gasteiger partial charge is 0.316 e. The van der Waals surface area contributed by atoms with Crippen molar-refractivity contribution >= 4 is 15.7 Å². The molecule has 4 nitrogen and oxygen atoms in total. The first kappa shape index (κ1) is 15.8. The SMILES string of the molecule is CCNCC(C)S(=O)(=O)Nc1cc(F)cc(F)c1F. The van der Waals surface area contributed by atoms with Gasteiger partial charge in [-0.3, -0.25) is 4.72 Å². The topological polar surface area (TPSA) is 58.2 Å². The molecule has 1 aromatic carbocycles. The molecule has 0 saturated heterocycles. The van der Waals surface area contributed by atoms with Gasteiger partial charge in [-0.15, -0.1) is 0 Å². The Morgan fingerprint density at radius 1 is 1.26 bits per heavy atom. The van der Waals surface area contributed by atoms with Gasteiger partial charge in [0.25, 0.3) is 0 Å². The third-order valence-electron chi connectivity index (χ3n) is 2.46. The molecular weight excluding hydrogens is 281 g/mol. The highest BCUT2D eigenvalue weighted by Crippen LogP contribution is 2.21. The maximum Gasteiger partial charge on any atom is 0.236 e. The van der Waals surface area contributed by atoms with Gasteiger partial charge in [0.1, 0.15) is 5.82 Å². The minimum absolute atomic E-state index is 0.144. The van der Waals surface area contributed by atoms with E-state index in [4.69, 9.17) is 0 Å². The van der Waals surface area contributed by atoms with Crippen LogP contribution in [-0.4, -0.2) is 26.8 Å². The molecule has 19 heavy (non-hydrogen) atoms. The van der Waals surface area contributed by atoms with Gasteiger partial charge in [-0.2, -0.15) is 0 Å². The fourth-order valence-corrected chi connectivity index (χ4v) is 2.33. The van der Waals surface area contributed by atoms with Crippen LogP contribution in [0, 0.1) is 17.5 Å². The van der Waals surface area contributed by atoms with Crippen LogP contribution in [0.1, 0.15) is 13.8 Å². The van der Waals surface area contributed by atoms with Gasteiger partial charge >= 0.3 is 0 Å². The lowest BCUT2D eigenvalue weighted by atomic mass is 10.3. The molecule has 8 heteroatoms. The fourth-order valence-electron chi connectivity index (χ4n) is 1.34. The van der Waals surface area contributed by atoms with E-state index in [0.717, 1.165) is 0 Å². The van der Waals surface area contributed by atoms with E-state index in [1.165, 1.54) is 6.92 Å². The smallest absolute Gasteiger partial charge is 0.236 e. The first-order chi connectivity index (χ1) is 8.77. The third kappa shape index (κ3) is 4.10. The maximum absolute atomic E-state index is 13.3. The quantitative estimate of drug-likeness (QED) is 0.788. The van der Waals surface area contributed by atoms with Crippen molar-refractivity contribution in [1.82, 2.24) is 5.32 Å². The number of nitrogens with one attached hydrogen (secondary N) is 2. The second-order valence-electron chi connectivity index (χ2n) is 4.01. The summed E-state index contributed by atoms with van der Waals surface area (Å²) >= 11 is 0. The summed E-state index contributed by atoms with van der Waals surface area (Å²) in [4.78, 5) is 0. The van der Waals surface area contributed by atoms with Gasteiger partial charge in [0.05, 0.1) is 10.9 Å². The molecule has 1 rings (SSSR count). The number of hydrogen-bond acceptors (Lipinski definition) is 3. The summed E-state index contributed by atoms with van der Waals surface area (Å²) in [6.45, 7) is 3.92. The highest BCUT2D eigenvalue weighted by atomic mass is 32.2. The van der Waals surface area contributed by atoms with Gasteiger partial charge in [-0.25, -0.2) is 21.6 Å². The minimum atomic E-state index is -3.93. The summed E-state index contributed by atoms with van der Waals surface area (Å²) < 4.78 is 64.7. The molecule has 0 bridgehead atoms. The van der Waals surface area contributed by atoms with Crippen LogP contribution < -0.4 is 10.0 Å². The summed E-state index contributed by atoms with van der Waals surface area (Å²) in [5.74, 6) is -3.94. The van der Waals surface area contributed by atoms with Crippen LogP contribution >= 0.6 is 0 Å². The van der Waals surface area contributed by atoms with Gasteiger partial charge in [-0.1, -0.05) is 6.92 Å². The Morgan fingerprint density at radius 3 is 2.47 bits per heavy atom. The Kier molecular flexibility index (Phi) is 5.19. The van der Waals surface area contributed by atoms with Crippen LogP contribution in [0.3, 0.4) is 0 Å². The number of halogens is 3. The number of rotatable bonds is 6. The average Bonchev–Trinajstić information content (AvgIpc) is 2.31. The van der Waals surface area contributed by atoms with Crippen molar-refractivity contribution in [2.75, 3.05) is 17.8 Å². The number of benzene rings is 1. The molecule has 0 fully saturated rings. The molecular formula is C11H15F3N2O2S. The van der Waals surface area contributed by atoms with Gasteiger partial charge < -0.3 is 5.32 Å². The normalized spacial score (nSPS) is 13.3. The van der Waals surface area contributed by atoms with Crippen molar-refractivity contribution in [2.45, 2.75) is 19.1 Å². The maximum atomic E-state index is 13.3.